The van der Waals surface area contributed by atoms with Crippen molar-refractivity contribution < 1.29 is 14.3 Å². The normalized spacial score (nSPS) is 11.9. The molecule has 0 aliphatic heterocycles. The van der Waals surface area contributed by atoms with Gasteiger partial charge < -0.3 is 9.47 Å². The Balaban J connectivity index is -0.000000633. The summed E-state index contributed by atoms with van der Waals surface area (Å²) in [5, 5.41) is 0. The van der Waals surface area contributed by atoms with Crippen LogP contribution in [0, 0.1) is 5.92 Å². The molecule has 4 rings (SSSR count). The number of aromatic nitrogens is 2. The van der Waals surface area contributed by atoms with E-state index in [0.717, 1.165) is 39.3 Å². The Kier molecular flexibility index (Phi) is 19.4. The minimum Gasteiger partial charge on any atom is -0.473 e. The Labute approximate surface area is 231 Å². The quantitative estimate of drug-likeness (QED) is 0.295. The molecule has 1 aromatic carbocycles. The van der Waals surface area contributed by atoms with E-state index in [0.29, 0.717) is 5.88 Å². The number of fused-ring (bicyclic) bond motifs is 1. The van der Waals surface area contributed by atoms with Crippen molar-refractivity contribution in [2.45, 2.75) is 103 Å². The average molecular weight is 533 g/mol. The molecule has 210 valence electrons. The summed E-state index contributed by atoms with van der Waals surface area (Å²) in [7, 11) is 0. The van der Waals surface area contributed by atoms with Crippen LogP contribution in [-0.4, -0.2) is 28.1 Å². The minimum atomic E-state index is -0.0445. The fraction of sp³-hybridized carbons (Fsp3) is 0.516. The maximum Gasteiger partial charge on any atom is 0.308 e. The molecule has 0 radical (unpaired) electrons. The number of benzene rings is 1. The van der Waals surface area contributed by atoms with E-state index < -0.39 is 0 Å². The SMILES string of the molecule is C.C.C.C.C.C=Cc1ccc(-c2nc3ccccc3nc2OC(C)C)s1.CC(C)C(=O)OC1CCCC1. The molecule has 0 atom stereocenters. The monoisotopic (exact) mass is 532 g/mol. The van der Waals surface area contributed by atoms with E-state index in [-0.39, 0.29) is 61.2 Å². The number of ether oxygens (including phenoxy) is 2. The van der Waals surface area contributed by atoms with E-state index >= 15 is 0 Å². The summed E-state index contributed by atoms with van der Waals surface area (Å²) < 4.78 is 11.1. The van der Waals surface area contributed by atoms with Crippen molar-refractivity contribution in [3.63, 3.8) is 0 Å². The van der Waals surface area contributed by atoms with Crippen LogP contribution in [0.5, 0.6) is 5.88 Å². The Morgan fingerprint density at radius 3 is 2.00 bits per heavy atom. The first-order valence-corrected chi connectivity index (χ1v) is 12.1. The van der Waals surface area contributed by atoms with Crippen molar-refractivity contribution in [3.8, 4) is 16.5 Å². The highest BCUT2D eigenvalue weighted by molar-refractivity contribution is 7.16. The number of carbonyl (C=O) groups is 1. The lowest BCUT2D eigenvalue weighted by Crippen LogP contribution is -2.18. The fourth-order valence-electron chi connectivity index (χ4n) is 3.35. The highest BCUT2D eigenvalue weighted by atomic mass is 32.1. The molecule has 0 bridgehead atoms. The largest absolute Gasteiger partial charge is 0.473 e. The van der Waals surface area contributed by atoms with Gasteiger partial charge in [-0.05, 0) is 63.8 Å². The van der Waals surface area contributed by atoms with Gasteiger partial charge in [-0.15, -0.1) is 11.3 Å². The van der Waals surface area contributed by atoms with Crippen LogP contribution in [0.1, 0.15) is 95.4 Å². The third kappa shape index (κ3) is 11.0. The van der Waals surface area contributed by atoms with Crippen molar-refractivity contribution in [2.75, 3.05) is 0 Å². The standard InChI is InChI=1S/C17H16N2OS.C9H16O2.5CH4/c1-4-12-9-10-15(21-12)16-17(20-11(2)3)19-14-8-6-5-7-13(14)18-16;1-7(2)9(10)11-8-5-3-4-6-8;;;;;/h4-11H,1H2,2-3H3;7-8H,3-6H2,1-2H3;5*1H4. The van der Waals surface area contributed by atoms with Crippen molar-refractivity contribution in [3.05, 3.63) is 47.9 Å². The molecule has 0 amide bonds. The summed E-state index contributed by atoms with van der Waals surface area (Å²) in [5.74, 6) is 0.564. The number of para-hydroxylation sites is 2. The molecule has 2 heterocycles. The Hall–Kier alpha value is -2.73. The smallest absolute Gasteiger partial charge is 0.308 e. The molecule has 1 saturated carbocycles. The van der Waals surface area contributed by atoms with Gasteiger partial charge in [-0.25, -0.2) is 9.97 Å². The lowest BCUT2D eigenvalue weighted by molar-refractivity contribution is -0.152. The van der Waals surface area contributed by atoms with Gasteiger partial charge in [-0.2, -0.15) is 0 Å². The second-order valence-corrected chi connectivity index (χ2v) is 9.55. The van der Waals surface area contributed by atoms with Crippen LogP contribution in [0.3, 0.4) is 0 Å². The van der Waals surface area contributed by atoms with Gasteiger partial charge >= 0.3 is 5.97 Å². The van der Waals surface area contributed by atoms with E-state index in [2.05, 4.69) is 11.6 Å². The summed E-state index contributed by atoms with van der Waals surface area (Å²) in [6, 6.07) is 11.9. The first-order valence-electron chi connectivity index (χ1n) is 11.2. The fourth-order valence-corrected chi connectivity index (χ4v) is 4.19. The van der Waals surface area contributed by atoms with Crippen LogP contribution in [0.15, 0.2) is 43.0 Å². The Bertz CT molecular complexity index is 1050. The van der Waals surface area contributed by atoms with Crippen LogP contribution < -0.4 is 4.74 Å². The number of carbonyl (C=O) groups excluding carboxylic acids is 1. The molecule has 1 fully saturated rings. The summed E-state index contributed by atoms with van der Waals surface area (Å²) in [5.41, 5.74) is 2.51. The zero-order valence-corrected chi connectivity index (χ0v) is 20.2. The Morgan fingerprint density at radius 1 is 0.946 bits per heavy atom. The van der Waals surface area contributed by atoms with Gasteiger partial charge in [0, 0.05) is 4.88 Å². The summed E-state index contributed by atoms with van der Waals surface area (Å²) in [6.07, 6.45) is 6.69. The van der Waals surface area contributed by atoms with Crippen LogP contribution in [0.25, 0.3) is 27.7 Å². The molecule has 0 spiro atoms. The number of nitrogens with zero attached hydrogens (tertiary/aromatic N) is 2. The van der Waals surface area contributed by atoms with Crippen molar-refractivity contribution in [1.82, 2.24) is 9.97 Å². The van der Waals surface area contributed by atoms with Crippen LogP contribution in [0.4, 0.5) is 0 Å². The van der Waals surface area contributed by atoms with E-state index in [4.69, 9.17) is 14.5 Å². The van der Waals surface area contributed by atoms with Crippen LogP contribution in [-0.2, 0) is 9.53 Å². The van der Waals surface area contributed by atoms with Gasteiger partial charge in [0.1, 0.15) is 11.8 Å². The second kappa shape index (κ2) is 18.5. The second-order valence-electron chi connectivity index (χ2n) is 8.44. The molecule has 2 aromatic heterocycles. The zero-order chi connectivity index (χ0) is 23.1. The predicted molar refractivity (Wildman–Crippen MR) is 166 cm³/mol. The predicted octanol–water partition coefficient (Wildman–Crippen LogP) is 10.1. The minimum absolute atomic E-state index is 0. The molecule has 1 aliphatic rings. The molecule has 0 saturated heterocycles. The summed E-state index contributed by atoms with van der Waals surface area (Å²) in [4.78, 5) is 22.6. The van der Waals surface area contributed by atoms with Gasteiger partial charge in [-0.3, -0.25) is 4.79 Å². The van der Waals surface area contributed by atoms with E-state index in [1.807, 2.05) is 70.2 Å². The van der Waals surface area contributed by atoms with Crippen LogP contribution in [0.2, 0.25) is 0 Å². The molecule has 0 unspecified atom stereocenters. The van der Waals surface area contributed by atoms with Crippen molar-refractivity contribution in [2.24, 2.45) is 5.92 Å². The first-order chi connectivity index (χ1) is 15.4. The third-order valence-corrected chi connectivity index (χ3v) is 6.09. The molecule has 3 aromatic rings. The zero-order valence-electron chi connectivity index (χ0n) is 19.3. The molecule has 5 nitrogen and oxygen atoms in total. The molecule has 1 aliphatic carbocycles. The number of rotatable bonds is 6. The van der Waals surface area contributed by atoms with Crippen molar-refractivity contribution >= 4 is 34.4 Å². The van der Waals surface area contributed by atoms with Gasteiger partial charge in [0.25, 0.3) is 0 Å². The van der Waals surface area contributed by atoms with Gasteiger partial charge in [-0.1, -0.05) is 75.8 Å². The van der Waals surface area contributed by atoms with E-state index in [9.17, 15) is 4.79 Å². The van der Waals surface area contributed by atoms with Gasteiger partial charge in [0.05, 0.1) is 27.9 Å². The van der Waals surface area contributed by atoms with Crippen LogP contribution >= 0.6 is 11.3 Å². The topological polar surface area (TPSA) is 61.3 Å². The maximum absolute atomic E-state index is 11.1. The lowest BCUT2D eigenvalue weighted by atomic mass is 10.2. The summed E-state index contributed by atoms with van der Waals surface area (Å²) >= 11 is 1.64. The molecule has 0 N–H and O–H groups in total. The number of hydrogen-bond acceptors (Lipinski definition) is 6. The number of hydrogen-bond donors (Lipinski definition) is 0. The molecule has 6 heteroatoms. The average Bonchev–Trinajstić information content (AvgIpc) is 3.45. The number of thiophene rings is 1. The van der Waals surface area contributed by atoms with E-state index in [1.165, 1.54) is 12.8 Å². The van der Waals surface area contributed by atoms with Gasteiger partial charge in [0.2, 0.25) is 5.88 Å². The Morgan fingerprint density at radius 2 is 1.51 bits per heavy atom. The van der Waals surface area contributed by atoms with Crippen molar-refractivity contribution in [1.29, 1.82) is 0 Å². The third-order valence-electron chi connectivity index (χ3n) is 5.00. The number of esters is 1. The van der Waals surface area contributed by atoms with E-state index in [1.54, 1.807) is 11.3 Å². The first kappa shape index (κ1) is 38.8. The molecule has 37 heavy (non-hydrogen) atoms. The summed E-state index contributed by atoms with van der Waals surface area (Å²) in [6.45, 7) is 11.5. The highest BCUT2D eigenvalue weighted by Crippen LogP contribution is 2.34. The molecular weight excluding hydrogens is 480 g/mol. The highest BCUT2D eigenvalue weighted by Gasteiger charge is 2.20. The lowest BCUT2D eigenvalue weighted by Gasteiger charge is -2.12. The van der Waals surface area contributed by atoms with Gasteiger partial charge in [0.15, 0.2) is 0 Å². The maximum atomic E-state index is 11.1. The molecular formula is C31H52N2O3S.